The van der Waals surface area contributed by atoms with Crippen molar-refractivity contribution < 1.29 is 18.4 Å². The van der Waals surface area contributed by atoms with E-state index in [2.05, 4.69) is 34.0 Å². The zero-order valence-electron chi connectivity index (χ0n) is 23.5. The third-order valence-corrected chi connectivity index (χ3v) is 8.53. The summed E-state index contributed by atoms with van der Waals surface area (Å²) in [5, 5.41) is 7.90. The summed E-state index contributed by atoms with van der Waals surface area (Å²) >= 11 is 0. The molecule has 0 bridgehead atoms. The van der Waals surface area contributed by atoms with Crippen molar-refractivity contribution in [3.8, 4) is 5.69 Å². The summed E-state index contributed by atoms with van der Waals surface area (Å²) in [4.78, 5) is 33.7. The zero-order valence-corrected chi connectivity index (χ0v) is 23.5. The van der Waals surface area contributed by atoms with Gasteiger partial charge in [-0.2, -0.15) is 0 Å². The van der Waals surface area contributed by atoms with Gasteiger partial charge in [-0.25, -0.2) is 13.5 Å². The van der Waals surface area contributed by atoms with Crippen LogP contribution in [-0.2, 0) is 10.2 Å². The fourth-order valence-electron chi connectivity index (χ4n) is 6.46. The predicted octanol–water partition coefficient (Wildman–Crippen LogP) is 5.78. The number of pyridine rings is 1. The highest BCUT2D eigenvalue weighted by molar-refractivity contribution is 5.95. The molecule has 5 rings (SSSR count). The van der Waals surface area contributed by atoms with Gasteiger partial charge < -0.3 is 0 Å². The Bertz CT molecular complexity index is 1390. The third kappa shape index (κ3) is 6.19. The van der Waals surface area contributed by atoms with E-state index in [0.29, 0.717) is 32.0 Å². The molecular formula is C31H37F2N5O2. The number of hydrogen-bond donors (Lipinski definition) is 0. The summed E-state index contributed by atoms with van der Waals surface area (Å²) in [6.07, 6.45) is 10.0. The second-order valence-electron chi connectivity index (χ2n) is 12.4. The van der Waals surface area contributed by atoms with Crippen molar-refractivity contribution in [3.63, 3.8) is 0 Å². The molecule has 2 aromatic heterocycles. The van der Waals surface area contributed by atoms with Crippen molar-refractivity contribution in [2.75, 3.05) is 13.1 Å². The minimum Gasteiger partial charge on any atom is -0.300 e. The van der Waals surface area contributed by atoms with Gasteiger partial charge in [-0.15, -0.1) is 5.10 Å². The standard InChI is InChI=1S/C31H37F2N5O2/c1-21-13-22(11-12-34-21)30(2,3)15-25(39)16-31(19-37(20-31)24-7-5-4-6-8-24)17-29(40)27-18-38(36-35-27)28-10-9-23(32)14-26(28)33/h9-14,18,24H,4-8,15-17,19-20H2,1-3H3. The van der Waals surface area contributed by atoms with E-state index in [1.54, 1.807) is 6.20 Å². The normalized spacial score (nSPS) is 17.9. The summed E-state index contributed by atoms with van der Waals surface area (Å²) in [5.74, 6) is -1.58. The maximum absolute atomic E-state index is 14.3. The number of aromatic nitrogens is 4. The zero-order chi connectivity index (χ0) is 28.5. The lowest BCUT2D eigenvalue weighted by atomic mass is 9.68. The average molecular weight is 550 g/mol. The van der Waals surface area contributed by atoms with Crippen LogP contribution in [0.5, 0.6) is 0 Å². The van der Waals surface area contributed by atoms with E-state index in [4.69, 9.17) is 0 Å². The van der Waals surface area contributed by atoms with E-state index >= 15 is 0 Å². The van der Waals surface area contributed by atoms with Gasteiger partial charge in [-0.05, 0) is 55.0 Å². The number of Topliss-reactive ketones (excluding diaryl/α,β-unsaturated/α-hetero) is 2. The molecule has 40 heavy (non-hydrogen) atoms. The number of rotatable bonds is 10. The van der Waals surface area contributed by atoms with Gasteiger partial charge in [0.2, 0.25) is 0 Å². The van der Waals surface area contributed by atoms with Crippen molar-refractivity contribution in [2.24, 2.45) is 5.41 Å². The number of benzene rings is 1. The van der Waals surface area contributed by atoms with E-state index in [1.165, 1.54) is 31.5 Å². The Morgan fingerprint density at radius 1 is 1.05 bits per heavy atom. The minimum atomic E-state index is -0.792. The molecule has 1 saturated carbocycles. The monoisotopic (exact) mass is 549 g/mol. The number of carbonyl (C=O) groups is 2. The number of carbonyl (C=O) groups excluding carboxylic acids is 2. The fraction of sp³-hybridized carbons (Fsp3) is 0.516. The van der Waals surface area contributed by atoms with Gasteiger partial charge in [0.05, 0.1) is 6.20 Å². The summed E-state index contributed by atoms with van der Waals surface area (Å²) in [6.45, 7) is 7.48. The highest BCUT2D eigenvalue weighted by atomic mass is 19.1. The molecule has 1 aromatic carbocycles. The first-order valence-electron chi connectivity index (χ1n) is 14.1. The van der Waals surface area contributed by atoms with Gasteiger partial charge in [-0.3, -0.25) is 19.5 Å². The van der Waals surface area contributed by atoms with Gasteiger partial charge in [-0.1, -0.05) is 38.3 Å². The maximum Gasteiger partial charge on any atom is 0.185 e. The van der Waals surface area contributed by atoms with E-state index in [9.17, 15) is 18.4 Å². The molecule has 2 fully saturated rings. The van der Waals surface area contributed by atoms with Crippen molar-refractivity contribution >= 4 is 11.6 Å². The number of nitrogens with zero attached hydrogens (tertiary/aromatic N) is 5. The minimum absolute atomic E-state index is 0.0125. The van der Waals surface area contributed by atoms with Crippen LogP contribution in [-0.4, -0.2) is 55.6 Å². The topological polar surface area (TPSA) is 81.0 Å². The van der Waals surface area contributed by atoms with Gasteiger partial charge in [0, 0.05) is 61.8 Å². The molecule has 0 atom stereocenters. The van der Waals surface area contributed by atoms with Crippen LogP contribution in [0.25, 0.3) is 5.69 Å². The first-order valence-corrected chi connectivity index (χ1v) is 14.1. The lowest BCUT2D eigenvalue weighted by molar-refractivity contribution is -0.127. The van der Waals surface area contributed by atoms with Gasteiger partial charge >= 0.3 is 0 Å². The Morgan fingerprint density at radius 3 is 2.50 bits per heavy atom. The third-order valence-electron chi connectivity index (χ3n) is 8.53. The molecule has 0 unspecified atom stereocenters. The number of ketones is 2. The van der Waals surface area contributed by atoms with E-state index in [0.717, 1.165) is 40.9 Å². The second kappa shape index (κ2) is 11.3. The Labute approximate surface area is 234 Å². The Balaban J connectivity index is 1.31. The molecule has 3 heterocycles. The number of aryl methyl sites for hydroxylation is 1. The van der Waals surface area contributed by atoms with Gasteiger partial charge in [0.15, 0.2) is 11.6 Å². The molecule has 212 valence electrons. The molecular weight excluding hydrogens is 512 g/mol. The SMILES string of the molecule is Cc1cc(C(C)(C)CC(=O)CC2(CC(=O)c3cn(-c4ccc(F)cc4F)nn3)CN(C3CCCCC3)C2)ccn1. The molecule has 7 nitrogen and oxygen atoms in total. The Kier molecular flexibility index (Phi) is 7.95. The number of likely N-dealkylation sites (tertiary alicyclic amines) is 1. The lowest BCUT2D eigenvalue weighted by Crippen LogP contribution is -2.61. The summed E-state index contributed by atoms with van der Waals surface area (Å²) in [5.41, 5.74) is 1.28. The van der Waals surface area contributed by atoms with Crippen LogP contribution in [0.4, 0.5) is 8.78 Å². The van der Waals surface area contributed by atoms with Crippen LogP contribution in [0.3, 0.4) is 0 Å². The number of hydrogen-bond acceptors (Lipinski definition) is 6. The van der Waals surface area contributed by atoms with Crippen LogP contribution in [0, 0.1) is 24.0 Å². The summed E-state index contributed by atoms with van der Waals surface area (Å²) in [7, 11) is 0. The molecule has 1 aliphatic heterocycles. The van der Waals surface area contributed by atoms with Gasteiger partial charge in [0.25, 0.3) is 0 Å². The lowest BCUT2D eigenvalue weighted by Gasteiger charge is -2.54. The Morgan fingerprint density at radius 2 is 1.80 bits per heavy atom. The summed E-state index contributed by atoms with van der Waals surface area (Å²) < 4.78 is 28.8. The average Bonchev–Trinajstić information content (AvgIpc) is 3.37. The second-order valence-corrected chi connectivity index (χ2v) is 12.4. The van der Waals surface area contributed by atoms with Crippen LogP contribution in [0.2, 0.25) is 0 Å². The molecule has 0 amide bonds. The van der Waals surface area contributed by atoms with Crippen molar-refractivity contribution in [3.05, 3.63) is 71.3 Å². The molecule has 2 aliphatic rings. The summed E-state index contributed by atoms with van der Waals surface area (Å²) in [6, 6.07) is 7.64. The van der Waals surface area contributed by atoms with Crippen molar-refractivity contribution in [1.29, 1.82) is 0 Å². The quantitative estimate of drug-likeness (QED) is 0.298. The first-order chi connectivity index (χ1) is 19.0. The molecule has 3 aromatic rings. The molecule has 9 heteroatoms. The van der Waals surface area contributed by atoms with E-state index in [-0.39, 0.29) is 34.8 Å². The smallest absolute Gasteiger partial charge is 0.185 e. The van der Waals surface area contributed by atoms with Crippen LogP contribution >= 0.6 is 0 Å². The van der Waals surface area contributed by atoms with E-state index in [1.807, 2.05) is 19.1 Å². The fourth-order valence-corrected chi connectivity index (χ4v) is 6.46. The highest BCUT2D eigenvalue weighted by Gasteiger charge is 2.48. The molecule has 1 saturated heterocycles. The highest BCUT2D eigenvalue weighted by Crippen LogP contribution is 2.43. The molecule has 1 aliphatic carbocycles. The van der Waals surface area contributed by atoms with Crippen LogP contribution < -0.4 is 0 Å². The van der Waals surface area contributed by atoms with Gasteiger partial charge in [0.1, 0.15) is 23.0 Å². The maximum atomic E-state index is 14.3. The number of halogens is 2. The van der Waals surface area contributed by atoms with Crippen LogP contribution in [0.15, 0.2) is 42.7 Å². The molecule has 0 spiro atoms. The van der Waals surface area contributed by atoms with Crippen molar-refractivity contribution in [1.82, 2.24) is 24.9 Å². The first kappa shape index (κ1) is 28.2. The van der Waals surface area contributed by atoms with E-state index < -0.39 is 17.0 Å². The predicted molar refractivity (Wildman–Crippen MR) is 147 cm³/mol. The molecule has 0 N–H and O–H groups in total. The van der Waals surface area contributed by atoms with Crippen LogP contribution in [0.1, 0.15) is 87.0 Å². The Hall–Kier alpha value is -3.33. The van der Waals surface area contributed by atoms with Crippen molar-refractivity contribution in [2.45, 2.75) is 83.6 Å². The largest absolute Gasteiger partial charge is 0.300 e. The molecule has 0 radical (unpaired) electrons.